The maximum atomic E-state index is 11.3. The molecule has 1 N–H and O–H groups in total. The molecule has 1 aromatic carbocycles. The maximum Gasteiger partial charge on any atom is 0.412 e. The molecule has 112 valence electrons. The van der Waals surface area contributed by atoms with Crippen LogP contribution in [-0.4, -0.2) is 17.7 Å². The van der Waals surface area contributed by atoms with Crippen molar-refractivity contribution in [3.05, 3.63) is 53.8 Å². The van der Waals surface area contributed by atoms with Crippen molar-refractivity contribution in [2.24, 2.45) is 7.05 Å². The van der Waals surface area contributed by atoms with Gasteiger partial charge in [0.05, 0.1) is 12.1 Å². The van der Waals surface area contributed by atoms with E-state index in [0.29, 0.717) is 10.8 Å². The summed E-state index contributed by atoms with van der Waals surface area (Å²) in [6.45, 7) is 0. The van der Waals surface area contributed by atoms with Gasteiger partial charge in [0.15, 0.2) is 5.69 Å². The molecule has 3 aromatic rings. The van der Waals surface area contributed by atoms with E-state index < -0.39 is 6.09 Å². The van der Waals surface area contributed by atoms with E-state index in [2.05, 4.69) is 9.88 Å². The zero-order valence-electron chi connectivity index (χ0n) is 12.2. The first kappa shape index (κ1) is 14.4. The number of hydrogen-bond donors (Lipinski definition) is 1. The quantitative estimate of drug-likeness (QED) is 0.739. The topological polar surface area (TPSA) is 47.4 Å². The molecule has 0 atom stereocenters. The average Bonchev–Trinajstić information content (AvgIpc) is 2.83. The van der Waals surface area contributed by atoms with Gasteiger partial charge >= 0.3 is 6.09 Å². The maximum absolute atomic E-state index is 11.3. The number of rotatable bonds is 2. The summed E-state index contributed by atoms with van der Waals surface area (Å²) in [5.74, 6) is 0.491. The summed E-state index contributed by atoms with van der Waals surface area (Å²) in [5, 5.41) is 3.10. The lowest BCUT2D eigenvalue weighted by molar-refractivity contribution is -0.510. The molecule has 0 fully saturated rings. The van der Waals surface area contributed by atoms with Crippen molar-refractivity contribution < 1.29 is 13.9 Å². The zero-order chi connectivity index (χ0) is 15.7. The Kier molecular flexibility index (Phi) is 3.73. The third-order valence-electron chi connectivity index (χ3n) is 3.43. The van der Waals surface area contributed by atoms with Crippen LogP contribution in [0, 0.1) is 0 Å². The molecule has 0 aliphatic heterocycles. The highest BCUT2D eigenvalue weighted by Crippen LogP contribution is 2.24. The molecule has 0 saturated carbocycles. The van der Waals surface area contributed by atoms with Gasteiger partial charge in [0.1, 0.15) is 18.1 Å². The van der Waals surface area contributed by atoms with Gasteiger partial charge in [-0.2, -0.15) is 0 Å². The van der Waals surface area contributed by atoms with Crippen LogP contribution in [0.4, 0.5) is 4.79 Å². The lowest BCUT2D eigenvalue weighted by atomic mass is 10.1. The SMILES string of the molecule is CNC(=O)Oc1cccc(-c2c[n+]3cc(Cl)ccc3n2C)c1. The molecule has 0 spiro atoms. The van der Waals surface area contributed by atoms with Crippen LogP contribution in [0.3, 0.4) is 0 Å². The number of carbonyl (C=O) groups excluding carboxylic acids is 1. The average molecular weight is 317 g/mol. The molecule has 22 heavy (non-hydrogen) atoms. The van der Waals surface area contributed by atoms with Crippen molar-refractivity contribution >= 4 is 23.3 Å². The van der Waals surface area contributed by atoms with Crippen molar-refractivity contribution in [2.75, 3.05) is 7.05 Å². The Hall–Kier alpha value is -2.53. The summed E-state index contributed by atoms with van der Waals surface area (Å²) in [5.41, 5.74) is 2.95. The van der Waals surface area contributed by atoms with E-state index in [1.54, 1.807) is 6.07 Å². The number of ether oxygens (including phenoxy) is 1. The fourth-order valence-electron chi connectivity index (χ4n) is 2.36. The van der Waals surface area contributed by atoms with Crippen molar-refractivity contribution in [1.82, 2.24) is 9.88 Å². The first-order valence-corrected chi connectivity index (χ1v) is 7.12. The Balaban J connectivity index is 2.05. The Morgan fingerprint density at radius 3 is 2.86 bits per heavy atom. The number of benzene rings is 1. The second kappa shape index (κ2) is 5.69. The number of nitrogens with one attached hydrogen (secondary N) is 1. The molecule has 0 saturated heterocycles. The number of imidazole rings is 1. The van der Waals surface area contributed by atoms with E-state index in [1.807, 2.05) is 54.2 Å². The molecule has 3 rings (SSSR count). The molecule has 0 unspecified atom stereocenters. The van der Waals surface area contributed by atoms with Gasteiger partial charge in [0, 0.05) is 18.7 Å². The van der Waals surface area contributed by atoms with Crippen molar-refractivity contribution in [1.29, 1.82) is 0 Å². The molecule has 0 radical (unpaired) electrons. The summed E-state index contributed by atoms with van der Waals surface area (Å²) >= 11 is 6.03. The van der Waals surface area contributed by atoms with Gasteiger partial charge in [0.2, 0.25) is 0 Å². The lowest BCUT2D eigenvalue weighted by Gasteiger charge is -2.04. The Bertz CT molecular complexity index is 858. The summed E-state index contributed by atoms with van der Waals surface area (Å²) in [7, 11) is 3.50. The molecule has 0 aliphatic carbocycles. The van der Waals surface area contributed by atoms with E-state index in [-0.39, 0.29) is 0 Å². The van der Waals surface area contributed by atoms with E-state index in [4.69, 9.17) is 16.3 Å². The molecule has 2 heterocycles. The van der Waals surface area contributed by atoms with E-state index in [9.17, 15) is 4.79 Å². The van der Waals surface area contributed by atoms with Gasteiger partial charge in [-0.1, -0.05) is 23.7 Å². The molecule has 6 heteroatoms. The van der Waals surface area contributed by atoms with Crippen LogP contribution < -0.4 is 14.5 Å². The highest BCUT2D eigenvalue weighted by atomic mass is 35.5. The number of hydrogen-bond acceptors (Lipinski definition) is 2. The van der Waals surface area contributed by atoms with Gasteiger partial charge in [-0.05, 0) is 18.2 Å². The fourth-order valence-corrected chi connectivity index (χ4v) is 2.53. The van der Waals surface area contributed by atoms with Crippen LogP contribution in [0.25, 0.3) is 16.9 Å². The van der Waals surface area contributed by atoms with Gasteiger partial charge in [-0.15, -0.1) is 0 Å². The standard InChI is InChI=1S/C16H14ClN3O2/c1-18-16(21)22-13-5-3-4-11(8-13)14-10-20-9-12(17)6-7-15(20)19(14)2/h3-10H,1-2H3/p+1. The lowest BCUT2D eigenvalue weighted by Crippen LogP contribution is -2.21. The molecule has 2 aromatic heterocycles. The Labute approximate surface area is 132 Å². The minimum absolute atomic E-state index is 0.490. The number of fused-ring (bicyclic) bond motifs is 1. The highest BCUT2D eigenvalue weighted by molar-refractivity contribution is 6.30. The number of aryl methyl sites for hydroxylation is 1. The van der Waals surface area contributed by atoms with E-state index in [0.717, 1.165) is 16.9 Å². The number of amides is 1. The van der Waals surface area contributed by atoms with Crippen LogP contribution in [0.5, 0.6) is 5.75 Å². The molecule has 0 bridgehead atoms. The summed E-state index contributed by atoms with van der Waals surface area (Å²) in [4.78, 5) is 11.3. The number of aromatic nitrogens is 2. The van der Waals surface area contributed by atoms with E-state index in [1.165, 1.54) is 7.05 Å². The molecular weight excluding hydrogens is 302 g/mol. The number of carbonyl (C=O) groups is 1. The van der Waals surface area contributed by atoms with Gasteiger partial charge in [0.25, 0.3) is 5.65 Å². The van der Waals surface area contributed by atoms with Crippen LogP contribution in [0.2, 0.25) is 5.02 Å². The predicted molar refractivity (Wildman–Crippen MR) is 84.1 cm³/mol. The number of nitrogens with zero attached hydrogens (tertiary/aromatic N) is 2. The fraction of sp³-hybridized carbons (Fsp3) is 0.125. The first-order valence-electron chi connectivity index (χ1n) is 6.75. The minimum atomic E-state index is -0.490. The summed E-state index contributed by atoms with van der Waals surface area (Å²) in [6, 6.07) is 11.2. The van der Waals surface area contributed by atoms with E-state index >= 15 is 0 Å². The monoisotopic (exact) mass is 316 g/mol. The largest absolute Gasteiger partial charge is 0.412 e. The third-order valence-corrected chi connectivity index (χ3v) is 3.65. The molecule has 0 aliphatic rings. The number of pyridine rings is 1. The summed E-state index contributed by atoms with van der Waals surface area (Å²) in [6.07, 6.45) is 3.35. The van der Waals surface area contributed by atoms with Gasteiger partial charge in [-0.3, -0.25) is 0 Å². The zero-order valence-corrected chi connectivity index (χ0v) is 13.0. The van der Waals surface area contributed by atoms with Crippen molar-refractivity contribution in [3.8, 4) is 17.0 Å². The first-order chi connectivity index (χ1) is 10.6. The number of halogens is 1. The smallest absolute Gasteiger partial charge is 0.410 e. The van der Waals surface area contributed by atoms with Gasteiger partial charge < -0.3 is 10.1 Å². The predicted octanol–water partition coefficient (Wildman–Crippen LogP) is 2.80. The van der Waals surface area contributed by atoms with Crippen LogP contribution >= 0.6 is 11.6 Å². The van der Waals surface area contributed by atoms with Crippen molar-refractivity contribution in [3.63, 3.8) is 0 Å². The second-order valence-electron chi connectivity index (χ2n) is 4.85. The molecular formula is C16H15ClN3O2+. The Morgan fingerprint density at radius 2 is 2.09 bits per heavy atom. The Morgan fingerprint density at radius 1 is 1.27 bits per heavy atom. The minimum Gasteiger partial charge on any atom is -0.410 e. The van der Waals surface area contributed by atoms with Crippen LogP contribution in [0.15, 0.2) is 48.8 Å². The van der Waals surface area contributed by atoms with Crippen molar-refractivity contribution in [2.45, 2.75) is 0 Å². The molecule has 1 amide bonds. The second-order valence-corrected chi connectivity index (χ2v) is 5.29. The highest BCUT2D eigenvalue weighted by Gasteiger charge is 2.16. The van der Waals surface area contributed by atoms with Crippen LogP contribution in [0.1, 0.15) is 0 Å². The third kappa shape index (κ3) is 2.63. The van der Waals surface area contributed by atoms with Gasteiger partial charge in [-0.25, -0.2) is 13.8 Å². The normalized spacial score (nSPS) is 10.7. The summed E-state index contributed by atoms with van der Waals surface area (Å²) < 4.78 is 9.18. The van der Waals surface area contributed by atoms with Crippen LogP contribution in [-0.2, 0) is 7.05 Å². The molecule has 5 nitrogen and oxygen atoms in total.